The first-order valence-electron chi connectivity index (χ1n) is 6.84. The number of aromatic nitrogens is 2. The molecule has 0 aliphatic carbocycles. The lowest BCUT2D eigenvalue weighted by Crippen LogP contribution is -2.33. The molecule has 0 saturated carbocycles. The van der Waals surface area contributed by atoms with Crippen LogP contribution in [0.2, 0.25) is 0 Å². The number of nitrogens with zero attached hydrogens (tertiary/aromatic N) is 2. The summed E-state index contributed by atoms with van der Waals surface area (Å²) in [6.45, 7) is 2.03. The number of hydrogen-bond donors (Lipinski definition) is 1. The van der Waals surface area contributed by atoms with Gasteiger partial charge in [-0.15, -0.1) is 0 Å². The third-order valence-corrected chi connectivity index (χ3v) is 5.70. The van der Waals surface area contributed by atoms with Gasteiger partial charge in [-0.3, -0.25) is 0 Å². The highest BCUT2D eigenvalue weighted by atomic mass is 32.2. The van der Waals surface area contributed by atoms with Gasteiger partial charge in [-0.25, -0.2) is 13.4 Å². The van der Waals surface area contributed by atoms with Crippen LogP contribution in [-0.2, 0) is 16.9 Å². The molecule has 1 aromatic carbocycles. The quantitative estimate of drug-likeness (QED) is 0.929. The van der Waals surface area contributed by atoms with Gasteiger partial charge in [0.05, 0.1) is 28.6 Å². The fraction of sp³-hybridized carbons (Fsp3) is 0.500. The second kappa shape index (κ2) is 4.86. The Hall–Kier alpha value is -1.40. The minimum atomic E-state index is -2.85. The van der Waals surface area contributed by atoms with E-state index in [1.54, 1.807) is 0 Å². The summed E-state index contributed by atoms with van der Waals surface area (Å²) in [4.78, 5) is 4.64. The Morgan fingerprint density at radius 2 is 2.15 bits per heavy atom. The number of hydrogen-bond acceptors (Lipinski definition) is 4. The molecule has 0 amide bonds. The van der Waals surface area contributed by atoms with Gasteiger partial charge < -0.3 is 9.88 Å². The lowest BCUT2D eigenvalue weighted by Gasteiger charge is -2.18. The van der Waals surface area contributed by atoms with Crippen molar-refractivity contribution in [3.8, 4) is 0 Å². The second-order valence-electron chi connectivity index (χ2n) is 5.51. The monoisotopic (exact) mass is 293 g/mol. The lowest BCUT2D eigenvalue weighted by atomic mass is 10.2. The van der Waals surface area contributed by atoms with Gasteiger partial charge in [0.15, 0.2) is 9.84 Å². The zero-order valence-electron chi connectivity index (χ0n) is 11.7. The summed E-state index contributed by atoms with van der Waals surface area (Å²) in [5, 5.41) is 3.39. The van der Waals surface area contributed by atoms with Gasteiger partial charge in [0.2, 0.25) is 0 Å². The molecule has 1 saturated heterocycles. The summed E-state index contributed by atoms with van der Waals surface area (Å²) in [7, 11) is -0.853. The van der Waals surface area contributed by atoms with Crippen LogP contribution < -0.4 is 5.32 Å². The Morgan fingerprint density at radius 1 is 1.40 bits per heavy atom. The van der Waals surface area contributed by atoms with Crippen molar-refractivity contribution in [1.82, 2.24) is 14.9 Å². The highest BCUT2D eigenvalue weighted by Gasteiger charge is 2.29. The zero-order valence-corrected chi connectivity index (χ0v) is 12.5. The van der Waals surface area contributed by atoms with Gasteiger partial charge in [-0.2, -0.15) is 0 Å². The molecule has 1 fully saturated rings. The van der Waals surface area contributed by atoms with E-state index in [4.69, 9.17) is 0 Å². The summed E-state index contributed by atoms with van der Waals surface area (Å²) in [6, 6.07) is 8.07. The van der Waals surface area contributed by atoms with E-state index in [1.807, 2.05) is 38.2 Å². The highest BCUT2D eigenvalue weighted by Crippen LogP contribution is 2.21. The number of aryl methyl sites for hydroxylation is 1. The van der Waals surface area contributed by atoms with Gasteiger partial charge in [0.1, 0.15) is 5.82 Å². The van der Waals surface area contributed by atoms with Crippen LogP contribution >= 0.6 is 0 Å². The SMILES string of the molecule is CC(NC1CCS(=O)(=O)C1)c1nc2ccccc2n1C. The standard InChI is InChI=1S/C14H19N3O2S/c1-10(15-11-7-8-20(18,19)9-11)14-16-12-5-3-4-6-13(12)17(14)2/h3-6,10-11,15H,7-9H2,1-2H3. The summed E-state index contributed by atoms with van der Waals surface area (Å²) in [6.07, 6.45) is 0.691. The van der Waals surface area contributed by atoms with Crippen LogP contribution in [0, 0.1) is 0 Å². The van der Waals surface area contributed by atoms with E-state index in [-0.39, 0.29) is 17.8 Å². The number of rotatable bonds is 3. The molecular formula is C14H19N3O2S. The van der Waals surface area contributed by atoms with Gasteiger partial charge >= 0.3 is 0 Å². The topological polar surface area (TPSA) is 64.0 Å². The molecule has 2 unspecified atom stereocenters. The number of fused-ring (bicyclic) bond motifs is 1. The number of nitrogens with one attached hydrogen (secondary N) is 1. The van der Waals surface area contributed by atoms with E-state index in [1.165, 1.54) is 0 Å². The van der Waals surface area contributed by atoms with Crippen LogP contribution in [0.4, 0.5) is 0 Å². The van der Waals surface area contributed by atoms with Crippen molar-refractivity contribution in [2.45, 2.75) is 25.4 Å². The van der Waals surface area contributed by atoms with Crippen molar-refractivity contribution in [3.05, 3.63) is 30.1 Å². The van der Waals surface area contributed by atoms with Gasteiger partial charge in [-0.05, 0) is 25.5 Å². The predicted molar refractivity (Wildman–Crippen MR) is 79.3 cm³/mol. The van der Waals surface area contributed by atoms with Gasteiger partial charge in [-0.1, -0.05) is 12.1 Å². The molecular weight excluding hydrogens is 274 g/mol. The largest absolute Gasteiger partial charge is 0.330 e. The Kier molecular flexibility index (Phi) is 3.30. The van der Waals surface area contributed by atoms with E-state index in [9.17, 15) is 8.42 Å². The molecule has 6 heteroatoms. The number of benzene rings is 1. The molecule has 2 atom stereocenters. The van der Waals surface area contributed by atoms with Crippen LogP contribution in [0.25, 0.3) is 11.0 Å². The van der Waals surface area contributed by atoms with Crippen LogP contribution in [0.5, 0.6) is 0 Å². The van der Waals surface area contributed by atoms with Crippen molar-refractivity contribution in [3.63, 3.8) is 0 Å². The predicted octanol–water partition coefficient (Wildman–Crippen LogP) is 1.41. The number of sulfone groups is 1. The van der Waals surface area contributed by atoms with Crippen molar-refractivity contribution in [1.29, 1.82) is 0 Å². The first kappa shape index (κ1) is 13.6. The summed E-state index contributed by atoms with van der Waals surface area (Å²) in [5.41, 5.74) is 2.06. The normalized spacial score (nSPS) is 23.2. The van der Waals surface area contributed by atoms with E-state index in [2.05, 4.69) is 14.9 Å². The van der Waals surface area contributed by atoms with Crippen LogP contribution in [0.1, 0.15) is 25.2 Å². The Morgan fingerprint density at radius 3 is 2.80 bits per heavy atom. The first-order chi connectivity index (χ1) is 9.46. The van der Waals surface area contributed by atoms with Crippen LogP contribution in [0.3, 0.4) is 0 Å². The third kappa shape index (κ3) is 2.45. The van der Waals surface area contributed by atoms with Gasteiger partial charge in [0, 0.05) is 13.1 Å². The molecule has 0 bridgehead atoms. The summed E-state index contributed by atoms with van der Waals surface area (Å²) < 4.78 is 25.1. The third-order valence-electron chi connectivity index (χ3n) is 3.93. The van der Waals surface area contributed by atoms with E-state index in [0.717, 1.165) is 16.9 Å². The molecule has 1 aliphatic heterocycles. The Balaban J connectivity index is 1.82. The maximum absolute atomic E-state index is 11.5. The minimum absolute atomic E-state index is 0.0331. The highest BCUT2D eigenvalue weighted by molar-refractivity contribution is 7.91. The molecule has 0 spiro atoms. The molecule has 1 N–H and O–H groups in total. The molecule has 2 heterocycles. The average molecular weight is 293 g/mol. The maximum atomic E-state index is 11.5. The van der Waals surface area contributed by atoms with Crippen LogP contribution in [-0.4, -0.2) is 35.5 Å². The molecule has 3 rings (SSSR count). The summed E-state index contributed by atoms with van der Waals surface area (Å²) in [5.74, 6) is 1.47. The smallest absolute Gasteiger partial charge is 0.151 e. The second-order valence-corrected chi connectivity index (χ2v) is 7.73. The Bertz CT molecular complexity index is 736. The minimum Gasteiger partial charge on any atom is -0.330 e. The van der Waals surface area contributed by atoms with E-state index < -0.39 is 9.84 Å². The average Bonchev–Trinajstić information content (AvgIpc) is 2.91. The van der Waals surface area contributed by atoms with E-state index in [0.29, 0.717) is 12.2 Å². The maximum Gasteiger partial charge on any atom is 0.151 e. The fourth-order valence-electron chi connectivity index (χ4n) is 2.91. The van der Waals surface area contributed by atoms with Crippen molar-refractivity contribution < 1.29 is 8.42 Å². The summed E-state index contributed by atoms with van der Waals surface area (Å²) >= 11 is 0. The van der Waals surface area contributed by atoms with Gasteiger partial charge in [0.25, 0.3) is 0 Å². The molecule has 5 nitrogen and oxygen atoms in total. The fourth-order valence-corrected chi connectivity index (χ4v) is 4.59. The van der Waals surface area contributed by atoms with E-state index >= 15 is 0 Å². The number of para-hydroxylation sites is 2. The number of imidazole rings is 1. The Labute approximate surface area is 118 Å². The van der Waals surface area contributed by atoms with Crippen LogP contribution in [0.15, 0.2) is 24.3 Å². The molecule has 108 valence electrons. The molecule has 0 radical (unpaired) electrons. The van der Waals surface area contributed by atoms with Crippen molar-refractivity contribution >= 4 is 20.9 Å². The molecule has 2 aromatic rings. The molecule has 20 heavy (non-hydrogen) atoms. The van der Waals surface area contributed by atoms with Crippen molar-refractivity contribution in [2.75, 3.05) is 11.5 Å². The molecule has 1 aromatic heterocycles. The van der Waals surface area contributed by atoms with Crippen molar-refractivity contribution in [2.24, 2.45) is 7.05 Å². The first-order valence-corrected chi connectivity index (χ1v) is 8.66. The lowest BCUT2D eigenvalue weighted by molar-refractivity contribution is 0.461. The zero-order chi connectivity index (χ0) is 14.3. The molecule has 1 aliphatic rings.